The van der Waals surface area contributed by atoms with Crippen molar-refractivity contribution in [2.75, 3.05) is 13.1 Å². The normalized spacial score (nSPS) is 22.1. The quantitative estimate of drug-likeness (QED) is 0.724. The van der Waals surface area contributed by atoms with Gasteiger partial charge in [-0.1, -0.05) is 6.07 Å². The van der Waals surface area contributed by atoms with Crippen LogP contribution in [0.1, 0.15) is 34.3 Å². The monoisotopic (exact) mass is 406 g/mol. The number of carbonyl (C=O) groups excluding carboxylic acids is 3. The predicted molar refractivity (Wildman–Crippen MR) is 107 cm³/mol. The number of β-amino-alcohol motifs (C(OH)–C–C–N with tert-alkyl or cyclic N) is 1. The molecular weight excluding hydrogens is 384 g/mol. The smallest absolute Gasteiger partial charge is 0.255 e. The maximum absolute atomic E-state index is 12.8. The number of pyridine rings is 1. The fraction of sp³-hybridized carbons (Fsp3) is 0.364. The maximum atomic E-state index is 12.8. The second-order valence-electron chi connectivity index (χ2n) is 8.17. The molecule has 154 valence electrons. The number of nitrogens with one attached hydrogen (secondary N) is 1. The van der Waals surface area contributed by atoms with Crippen molar-refractivity contribution in [1.82, 2.24) is 20.1 Å². The Hall–Kier alpha value is -3.10. The molecule has 8 heteroatoms. The van der Waals surface area contributed by atoms with E-state index in [0.717, 1.165) is 28.9 Å². The highest BCUT2D eigenvalue weighted by atomic mass is 16.3. The van der Waals surface area contributed by atoms with E-state index in [9.17, 15) is 19.5 Å². The van der Waals surface area contributed by atoms with Crippen LogP contribution in [-0.4, -0.2) is 62.8 Å². The number of carbonyl (C=O) groups is 3. The maximum Gasteiger partial charge on any atom is 0.255 e. The van der Waals surface area contributed by atoms with Gasteiger partial charge in [0, 0.05) is 49.9 Å². The van der Waals surface area contributed by atoms with Gasteiger partial charge in [-0.2, -0.15) is 0 Å². The zero-order chi connectivity index (χ0) is 20.8. The molecule has 8 nitrogen and oxygen atoms in total. The molecule has 2 aromatic rings. The Bertz CT molecular complexity index is 1050. The first kappa shape index (κ1) is 18.9. The van der Waals surface area contributed by atoms with Crippen LogP contribution in [0.15, 0.2) is 36.5 Å². The third-order valence-electron chi connectivity index (χ3n) is 5.99. The number of amides is 3. The Balaban J connectivity index is 1.36. The molecule has 5 rings (SSSR count). The van der Waals surface area contributed by atoms with E-state index in [2.05, 4.69) is 15.2 Å². The molecular formula is C22H22N4O4. The summed E-state index contributed by atoms with van der Waals surface area (Å²) in [7, 11) is 0. The molecule has 0 spiro atoms. The van der Waals surface area contributed by atoms with Crippen molar-refractivity contribution in [1.29, 1.82) is 0 Å². The fourth-order valence-corrected chi connectivity index (χ4v) is 4.39. The van der Waals surface area contributed by atoms with Gasteiger partial charge in [0.2, 0.25) is 11.8 Å². The molecule has 3 aliphatic heterocycles. The molecule has 2 fully saturated rings. The first-order chi connectivity index (χ1) is 14.5. The Morgan fingerprint density at radius 1 is 1.13 bits per heavy atom. The summed E-state index contributed by atoms with van der Waals surface area (Å²) in [4.78, 5) is 44.6. The lowest BCUT2D eigenvalue weighted by Crippen LogP contribution is -2.52. The third-order valence-corrected chi connectivity index (χ3v) is 5.99. The summed E-state index contributed by atoms with van der Waals surface area (Å²) in [5.41, 5.74) is 4.31. The Kier molecular flexibility index (Phi) is 4.60. The molecule has 1 aromatic heterocycles. The zero-order valence-electron chi connectivity index (χ0n) is 16.4. The van der Waals surface area contributed by atoms with E-state index in [-0.39, 0.29) is 24.3 Å². The third kappa shape index (κ3) is 3.38. The summed E-state index contributed by atoms with van der Waals surface area (Å²) in [5.74, 6) is -0.872. The van der Waals surface area contributed by atoms with Crippen LogP contribution >= 0.6 is 0 Å². The lowest BCUT2D eigenvalue weighted by molar-refractivity contribution is -0.136. The SMILES string of the molecule is O=C1CCC(N2Cc3cc(-c4cc(CN5CC(O)C5)ccn4)ccc3C2=O)C(=O)N1. The van der Waals surface area contributed by atoms with Crippen LogP contribution in [0.2, 0.25) is 0 Å². The molecule has 0 aliphatic carbocycles. The number of likely N-dealkylation sites (tertiary alicyclic amines) is 1. The zero-order valence-corrected chi connectivity index (χ0v) is 16.4. The van der Waals surface area contributed by atoms with E-state index in [1.165, 1.54) is 0 Å². The standard InChI is InChI=1S/C22H22N4O4/c27-16-11-25(12-16)9-13-5-6-23-18(7-13)14-1-2-17-15(8-14)10-26(22(17)30)19-3-4-20(28)24-21(19)29/h1-2,5-8,16,19,27H,3-4,9-12H2,(H,24,28,29). The highest BCUT2D eigenvalue weighted by molar-refractivity contribution is 6.05. The van der Waals surface area contributed by atoms with E-state index in [1.54, 1.807) is 17.2 Å². The van der Waals surface area contributed by atoms with Gasteiger partial charge in [0.15, 0.2) is 0 Å². The molecule has 4 heterocycles. The number of aromatic nitrogens is 1. The molecule has 1 unspecified atom stereocenters. The van der Waals surface area contributed by atoms with Gasteiger partial charge in [0.1, 0.15) is 6.04 Å². The van der Waals surface area contributed by atoms with E-state index in [4.69, 9.17) is 0 Å². The van der Waals surface area contributed by atoms with Crippen molar-refractivity contribution in [2.45, 2.75) is 38.1 Å². The molecule has 1 aromatic carbocycles. The minimum atomic E-state index is -0.612. The van der Waals surface area contributed by atoms with Crippen LogP contribution in [-0.2, 0) is 22.7 Å². The highest BCUT2D eigenvalue weighted by Gasteiger charge is 2.39. The molecule has 2 N–H and O–H groups in total. The summed E-state index contributed by atoms with van der Waals surface area (Å²) >= 11 is 0. The molecule has 0 radical (unpaired) electrons. The first-order valence-electron chi connectivity index (χ1n) is 10.1. The van der Waals surface area contributed by atoms with Gasteiger partial charge in [0.05, 0.1) is 11.8 Å². The molecule has 3 amide bonds. The topological polar surface area (TPSA) is 103 Å². The predicted octanol–water partition coefficient (Wildman–Crippen LogP) is 0.686. The number of nitrogens with zero attached hydrogens (tertiary/aromatic N) is 3. The van der Waals surface area contributed by atoms with Gasteiger partial charge in [0.25, 0.3) is 5.91 Å². The fourth-order valence-electron chi connectivity index (χ4n) is 4.39. The van der Waals surface area contributed by atoms with Crippen molar-refractivity contribution in [3.8, 4) is 11.3 Å². The largest absolute Gasteiger partial charge is 0.390 e. The molecule has 0 saturated carbocycles. The molecule has 0 bridgehead atoms. The van der Waals surface area contributed by atoms with Crippen molar-refractivity contribution < 1.29 is 19.5 Å². The van der Waals surface area contributed by atoms with Gasteiger partial charge in [-0.15, -0.1) is 0 Å². The van der Waals surface area contributed by atoms with Crippen LogP contribution in [0.3, 0.4) is 0 Å². The number of hydrogen-bond acceptors (Lipinski definition) is 6. The average Bonchev–Trinajstić information content (AvgIpc) is 3.03. The minimum Gasteiger partial charge on any atom is -0.390 e. The van der Waals surface area contributed by atoms with Crippen LogP contribution in [0.4, 0.5) is 0 Å². The van der Waals surface area contributed by atoms with E-state index >= 15 is 0 Å². The number of rotatable bonds is 4. The lowest BCUT2D eigenvalue weighted by atomic mass is 10.0. The van der Waals surface area contributed by atoms with Crippen LogP contribution in [0.25, 0.3) is 11.3 Å². The summed E-state index contributed by atoms with van der Waals surface area (Å²) in [6, 6.07) is 9.01. The second kappa shape index (κ2) is 7.30. The first-order valence-corrected chi connectivity index (χ1v) is 10.1. The summed E-state index contributed by atoms with van der Waals surface area (Å²) in [6.07, 6.45) is 2.14. The van der Waals surface area contributed by atoms with Crippen molar-refractivity contribution in [3.63, 3.8) is 0 Å². The summed E-state index contributed by atoms with van der Waals surface area (Å²) in [5, 5.41) is 11.8. The van der Waals surface area contributed by atoms with Crippen molar-refractivity contribution in [2.24, 2.45) is 0 Å². The van der Waals surface area contributed by atoms with Crippen LogP contribution in [0.5, 0.6) is 0 Å². The van der Waals surface area contributed by atoms with Gasteiger partial charge < -0.3 is 10.0 Å². The van der Waals surface area contributed by atoms with Crippen molar-refractivity contribution >= 4 is 17.7 Å². The number of imide groups is 1. The molecule has 2 saturated heterocycles. The van der Waals surface area contributed by atoms with Gasteiger partial charge in [-0.25, -0.2) is 0 Å². The van der Waals surface area contributed by atoms with E-state index in [1.807, 2.05) is 24.3 Å². The lowest BCUT2D eigenvalue weighted by Gasteiger charge is -2.35. The number of piperidine rings is 1. The summed E-state index contributed by atoms with van der Waals surface area (Å²) < 4.78 is 0. The number of benzene rings is 1. The molecule has 3 aliphatic rings. The Morgan fingerprint density at radius 2 is 1.97 bits per heavy atom. The van der Waals surface area contributed by atoms with Crippen molar-refractivity contribution in [3.05, 3.63) is 53.2 Å². The number of aliphatic hydroxyl groups excluding tert-OH is 1. The Labute approximate surface area is 173 Å². The van der Waals surface area contributed by atoms with Gasteiger partial charge in [-0.3, -0.25) is 29.6 Å². The Morgan fingerprint density at radius 3 is 2.73 bits per heavy atom. The number of aliphatic hydroxyl groups is 1. The minimum absolute atomic E-state index is 0.177. The van der Waals surface area contributed by atoms with Gasteiger partial charge >= 0.3 is 0 Å². The van der Waals surface area contributed by atoms with Gasteiger partial charge in [-0.05, 0) is 41.8 Å². The number of fused-ring (bicyclic) bond motifs is 1. The number of hydrogen-bond donors (Lipinski definition) is 2. The average molecular weight is 406 g/mol. The van der Waals surface area contributed by atoms with E-state index in [0.29, 0.717) is 31.6 Å². The second-order valence-corrected chi connectivity index (χ2v) is 8.17. The highest BCUT2D eigenvalue weighted by Crippen LogP contribution is 2.31. The molecule has 30 heavy (non-hydrogen) atoms. The summed E-state index contributed by atoms with van der Waals surface area (Å²) in [6.45, 7) is 2.49. The van der Waals surface area contributed by atoms with E-state index < -0.39 is 11.9 Å². The molecule has 1 atom stereocenters. The van der Waals surface area contributed by atoms with Crippen LogP contribution in [0, 0.1) is 0 Å². The van der Waals surface area contributed by atoms with Crippen LogP contribution < -0.4 is 5.32 Å².